The van der Waals surface area contributed by atoms with Gasteiger partial charge in [0.25, 0.3) is 0 Å². The Balaban J connectivity index is 2.05. The highest BCUT2D eigenvalue weighted by atomic mass is 15.0. The largest absolute Gasteiger partial charge is 0.366 e. The van der Waals surface area contributed by atoms with Gasteiger partial charge in [0.2, 0.25) is 0 Å². The van der Waals surface area contributed by atoms with Crippen LogP contribution < -0.4 is 5.32 Å². The first-order valence-electron chi connectivity index (χ1n) is 6.92. The SMILES string of the molecule is Cc1ccc(C)c(-c2ccc(C#N)c(NC3CC3)n2)c1. The van der Waals surface area contributed by atoms with Crippen LogP contribution in [0.25, 0.3) is 11.3 Å². The van der Waals surface area contributed by atoms with Crippen LogP contribution in [0.5, 0.6) is 0 Å². The van der Waals surface area contributed by atoms with Gasteiger partial charge < -0.3 is 5.32 Å². The lowest BCUT2D eigenvalue weighted by molar-refractivity contribution is 1.11. The molecule has 0 radical (unpaired) electrons. The highest BCUT2D eigenvalue weighted by Crippen LogP contribution is 2.29. The van der Waals surface area contributed by atoms with E-state index in [0.717, 1.165) is 11.3 Å². The minimum Gasteiger partial charge on any atom is -0.366 e. The lowest BCUT2D eigenvalue weighted by Gasteiger charge is -2.11. The van der Waals surface area contributed by atoms with E-state index in [0.29, 0.717) is 17.4 Å². The zero-order chi connectivity index (χ0) is 14.1. The number of benzene rings is 1. The number of aromatic nitrogens is 1. The molecule has 3 heteroatoms. The first kappa shape index (κ1) is 12.7. The molecular formula is C17H17N3. The van der Waals surface area contributed by atoms with Gasteiger partial charge in [0.15, 0.2) is 0 Å². The van der Waals surface area contributed by atoms with Crippen molar-refractivity contribution in [1.82, 2.24) is 4.98 Å². The number of rotatable bonds is 3. The molecule has 1 aliphatic carbocycles. The first-order chi connectivity index (χ1) is 9.67. The summed E-state index contributed by atoms with van der Waals surface area (Å²) in [4.78, 5) is 4.66. The Morgan fingerprint density at radius 2 is 2.00 bits per heavy atom. The minimum atomic E-state index is 0.489. The van der Waals surface area contributed by atoms with Crippen molar-refractivity contribution in [3.8, 4) is 17.3 Å². The number of nitrogens with one attached hydrogen (secondary N) is 1. The van der Waals surface area contributed by atoms with Gasteiger partial charge in [0, 0.05) is 11.6 Å². The molecule has 0 saturated heterocycles. The van der Waals surface area contributed by atoms with E-state index in [2.05, 4.69) is 48.4 Å². The van der Waals surface area contributed by atoms with Gasteiger partial charge in [-0.25, -0.2) is 4.98 Å². The Labute approximate surface area is 119 Å². The molecular weight excluding hydrogens is 246 g/mol. The van der Waals surface area contributed by atoms with Crippen molar-refractivity contribution in [1.29, 1.82) is 5.26 Å². The second-order valence-electron chi connectivity index (χ2n) is 5.44. The molecule has 2 aromatic rings. The Kier molecular flexibility index (Phi) is 3.15. The third-order valence-corrected chi connectivity index (χ3v) is 3.60. The van der Waals surface area contributed by atoms with Crippen LogP contribution in [0.3, 0.4) is 0 Å². The molecule has 0 atom stereocenters. The lowest BCUT2D eigenvalue weighted by atomic mass is 10.0. The molecule has 0 aliphatic heterocycles. The quantitative estimate of drug-likeness (QED) is 0.916. The van der Waals surface area contributed by atoms with Crippen molar-refractivity contribution in [2.24, 2.45) is 0 Å². The molecule has 100 valence electrons. The van der Waals surface area contributed by atoms with Crippen LogP contribution in [-0.4, -0.2) is 11.0 Å². The Hall–Kier alpha value is -2.34. The van der Waals surface area contributed by atoms with Crippen LogP contribution in [0, 0.1) is 25.2 Å². The van der Waals surface area contributed by atoms with Crippen LogP contribution in [-0.2, 0) is 0 Å². The Morgan fingerprint density at radius 3 is 2.70 bits per heavy atom. The highest BCUT2D eigenvalue weighted by molar-refractivity contribution is 5.68. The summed E-state index contributed by atoms with van der Waals surface area (Å²) in [5.74, 6) is 0.716. The topological polar surface area (TPSA) is 48.7 Å². The fourth-order valence-electron chi connectivity index (χ4n) is 2.24. The van der Waals surface area contributed by atoms with Gasteiger partial charge >= 0.3 is 0 Å². The third kappa shape index (κ3) is 2.50. The standard InChI is InChI=1S/C17H17N3/c1-11-3-4-12(2)15(9-11)16-8-5-13(10-18)17(20-16)19-14-6-7-14/h3-5,8-9,14H,6-7H2,1-2H3,(H,19,20). The highest BCUT2D eigenvalue weighted by Gasteiger charge is 2.23. The molecule has 0 bridgehead atoms. The predicted molar refractivity (Wildman–Crippen MR) is 80.5 cm³/mol. The molecule has 1 N–H and O–H groups in total. The van der Waals surface area contributed by atoms with Crippen molar-refractivity contribution in [2.75, 3.05) is 5.32 Å². The van der Waals surface area contributed by atoms with E-state index in [4.69, 9.17) is 0 Å². The molecule has 0 amide bonds. The molecule has 0 spiro atoms. The van der Waals surface area contributed by atoms with E-state index in [9.17, 15) is 5.26 Å². The summed E-state index contributed by atoms with van der Waals surface area (Å²) < 4.78 is 0. The second-order valence-corrected chi connectivity index (χ2v) is 5.44. The van der Waals surface area contributed by atoms with Crippen molar-refractivity contribution in [3.05, 3.63) is 47.0 Å². The molecule has 0 unspecified atom stereocenters. The summed E-state index contributed by atoms with van der Waals surface area (Å²) in [5, 5.41) is 12.5. The molecule has 1 aromatic heterocycles. The number of aryl methyl sites for hydroxylation is 2. The van der Waals surface area contributed by atoms with Crippen LogP contribution in [0.2, 0.25) is 0 Å². The molecule has 1 fully saturated rings. The molecule has 1 saturated carbocycles. The van der Waals surface area contributed by atoms with Crippen molar-refractivity contribution < 1.29 is 0 Å². The average Bonchev–Trinajstić information content (AvgIpc) is 3.25. The maximum absolute atomic E-state index is 9.18. The Morgan fingerprint density at radius 1 is 1.20 bits per heavy atom. The molecule has 3 rings (SSSR count). The summed E-state index contributed by atoms with van der Waals surface area (Å²) >= 11 is 0. The smallest absolute Gasteiger partial charge is 0.144 e. The van der Waals surface area contributed by atoms with Crippen molar-refractivity contribution >= 4 is 5.82 Å². The lowest BCUT2D eigenvalue weighted by Crippen LogP contribution is -2.06. The zero-order valence-electron chi connectivity index (χ0n) is 11.8. The number of nitrogens with zero attached hydrogens (tertiary/aromatic N) is 2. The van der Waals surface area contributed by atoms with Gasteiger partial charge in [-0.3, -0.25) is 0 Å². The van der Waals surface area contributed by atoms with Crippen LogP contribution in [0.4, 0.5) is 5.82 Å². The van der Waals surface area contributed by atoms with Gasteiger partial charge in [0.1, 0.15) is 11.9 Å². The van der Waals surface area contributed by atoms with Gasteiger partial charge in [-0.05, 0) is 50.5 Å². The Bertz CT molecular complexity index is 694. The van der Waals surface area contributed by atoms with E-state index in [1.807, 2.05) is 12.1 Å². The second kappa shape index (κ2) is 4.97. The molecule has 1 aliphatic rings. The van der Waals surface area contributed by atoms with Crippen LogP contribution in [0.1, 0.15) is 29.5 Å². The van der Waals surface area contributed by atoms with E-state index in [-0.39, 0.29) is 0 Å². The van der Waals surface area contributed by atoms with Gasteiger partial charge in [0.05, 0.1) is 11.3 Å². The number of hydrogen-bond donors (Lipinski definition) is 1. The fraction of sp³-hybridized carbons (Fsp3) is 0.294. The van der Waals surface area contributed by atoms with Gasteiger partial charge in [-0.1, -0.05) is 17.7 Å². The van der Waals surface area contributed by atoms with Gasteiger partial charge in [-0.15, -0.1) is 0 Å². The number of pyridine rings is 1. The molecule has 1 heterocycles. The minimum absolute atomic E-state index is 0.489. The fourth-order valence-corrected chi connectivity index (χ4v) is 2.24. The number of anilines is 1. The maximum Gasteiger partial charge on any atom is 0.144 e. The molecule has 20 heavy (non-hydrogen) atoms. The van der Waals surface area contributed by atoms with E-state index >= 15 is 0 Å². The summed E-state index contributed by atoms with van der Waals surface area (Å²) in [5.41, 5.74) is 5.09. The molecule has 3 nitrogen and oxygen atoms in total. The van der Waals surface area contributed by atoms with Crippen molar-refractivity contribution in [2.45, 2.75) is 32.7 Å². The van der Waals surface area contributed by atoms with E-state index in [1.54, 1.807) is 0 Å². The van der Waals surface area contributed by atoms with E-state index in [1.165, 1.54) is 24.0 Å². The van der Waals surface area contributed by atoms with Crippen LogP contribution >= 0.6 is 0 Å². The number of hydrogen-bond acceptors (Lipinski definition) is 3. The monoisotopic (exact) mass is 263 g/mol. The van der Waals surface area contributed by atoms with Crippen LogP contribution in [0.15, 0.2) is 30.3 Å². The van der Waals surface area contributed by atoms with Crippen molar-refractivity contribution in [3.63, 3.8) is 0 Å². The van der Waals surface area contributed by atoms with E-state index < -0.39 is 0 Å². The zero-order valence-corrected chi connectivity index (χ0v) is 11.8. The summed E-state index contributed by atoms with van der Waals surface area (Å²) in [6, 6.07) is 12.8. The predicted octanol–water partition coefficient (Wildman–Crippen LogP) is 3.81. The maximum atomic E-state index is 9.18. The first-order valence-corrected chi connectivity index (χ1v) is 6.92. The molecule has 1 aromatic carbocycles. The average molecular weight is 263 g/mol. The number of nitriles is 1. The normalized spacial score (nSPS) is 13.8. The van der Waals surface area contributed by atoms with Gasteiger partial charge in [-0.2, -0.15) is 5.26 Å². The summed E-state index contributed by atoms with van der Waals surface area (Å²) in [6.45, 7) is 4.17. The summed E-state index contributed by atoms with van der Waals surface area (Å²) in [6.07, 6.45) is 2.33. The third-order valence-electron chi connectivity index (χ3n) is 3.60. The summed E-state index contributed by atoms with van der Waals surface area (Å²) in [7, 11) is 0.